The number of nitrogens with zero attached hydrogens (tertiary/aromatic N) is 2. The summed E-state index contributed by atoms with van der Waals surface area (Å²) in [5.41, 5.74) is 1.07. The summed E-state index contributed by atoms with van der Waals surface area (Å²) in [5.74, 6) is -0.825. The largest absolute Gasteiger partial charge is 0.476 e. The minimum Gasteiger partial charge on any atom is -0.476 e. The van der Waals surface area contributed by atoms with Crippen LogP contribution in [0.25, 0.3) is 10.9 Å². The summed E-state index contributed by atoms with van der Waals surface area (Å²) in [5, 5.41) is 30.0. The average Bonchev–Trinajstić information content (AvgIpc) is 2.50. The summed E-state index contributed by atoms with van der Waals surface area (Å²) in [6.45, 7) is 2.76. The molecule has 0 radical (unpaired) electrons. The van der Waals surface area contributed by atoms with Gasteiger partial charge in [-0.15, -0.1) is 10.2 Å². The lowest BCUT2D eigenvalue weighted by Gasteiger charge is -2.17. The third kappa shape index (κ3) is 3.46. The maximum Gasteiger partial charge on any atom is 0.358 e. The number of rotatable bonds is 7. The molecule has 2 aromatic rings. The van der Waals surface area contributed by atoms with Crippen molar-refractivity contribution in [2.45, 2.75) is 19.8 Å². The molecule has 1 unspecified atom stereocenters. The zero-order chi connectivity index (χ0) is 15.2. The Kier molecular flexibility index (Phi) is 5.05. The molecule has 21 heavy (non-hydrogen) atoms. The van der Waals surface area contributed by atoms with Gasteiger partial charge in [0.15, 0.2) is 5.69 Å². The molecule has 6 nitrogen and oxygen atoms in total. The van der Waals surface area contributed by atoms with Gasteiger partial charge in [0.1, 0.15) is 0 Å². The molecule has 0 aliphatic carbocycles. The van der Waals surface area contributed by atoms with Crippen molar-refractivity contribution in [2.75, 3.05) is 18.5 Å². The lowest BCUT2D eigenvalue weighted by molar-refractivity contribution is 0.0690. The van der Waals surface area contributed by atoms with Gasteiger partial charge in [0.25, 0.3) is 0 Å². The third-order valence-corrected chi connectivity index (χ3v) is 3.55. The topological polar surface area (TPSA) is 95.3 Å². The minimum atomic E-state index is -1.11. The Bertz CT molecular complexity index is 631. The highest BCUT2D eigenvalue weighted by molar-refractivity contribution is 6.02. The Morgan fingerprint density at radius 2 is 2.10 bits per heavy atom. The molecule has 1 aromatic carbocycles. The van der Waals surface area contributed by atoms with Crippen molar-refractivity contribution in [1.82, 2.24) is 10.2 Å². The number of fused-ring (bicyclic) bond motifs is 1. The number of benzene rings is 1. The van der Waals surface area contributed by atoms with Gasteiger partial charge in [-0.1, -0.05) is 31.5 Å². The number of aliphatic hydroxyl groups excluding tert-OH is 1. The molecule has 0 saturated carbocycles. The van der Waals surface area contributed by atoms with E-state index < -0.39 is 5.97 Å². The monoisotopic (exact) mass is 289 g/mol. The van der Waals surface area contributed by atoms with E-state index in [1.165, 1.54) is 0 Å². The molecule has 0 fully saturated rings. The molecule has 0 saturated heterocycles. The number of carboxylic acids is 1. The van der Waals surface area contributed by atoms with E-state index in [4.69, 9.17) is 5.11 Å². The highest BCUT2D eigenvalue weighted by Crippen LogP contribution is 2.25. The van der Waals surface area contributed by atoms with Crippen LogP contribution in [-0.2, 0) is 0 Å². The fourth-order valence-electron chi connectivity index (χ4n) is 2.26. The Balaban J connectivity index is 2.35. The van der Waals surface area contributed by atoms with E-state index in [1.54, 1.807) is 6.07 Å². The molecule has 1 aromatic heterocycles. The van der Waals surface area contributed by atoms with Crippen molar-refractivity contribution in [2.24, 2.45) is 5.92 Å². The molecule has 6 heteroatoms. The number of carboxylic acid groups (broad SMARTS) is 1. The van der Waals surface area contributed by atoms with Crippen LogP contribution >= 0.6 is 0 Å². The number of carbonyl (C=O) groups is 1. The summed E-state index contributed by atoms with van der Waals surface area (Å²) in [6, 6.07) is 7.30. The highest BCUT2D eigenvalue weighted by atomic mass is 16.4. The van der Waals surface area contributed by atoms with Crippen molar-refractivity contribution in [3.63, 3.8) is 0 Å². The second-order valence-electron chi connectivity index (χ2n) is 4.91. The zero-order valence-electron chi connectivity index (χ0n) is 11.9. The fraction of sp³-hybridized carbons (Fsp3) is 0.400. The molecule has 1 heterocycles. The van der Waals surface area contributed by atoms with Crippen LogP contribution in [0.4, 0.5) is 5.69 Å². The molecule has 112 valence electrons. The van der Waals surface area contributed by atoms with Gasteiger partial charge in [0.05, 0.1) is 11.2 Å². The summed E-state index contributed by atoms with van der Waals surface area (Å²) in [7, 11) is 0. The third-order valence-electron chi connectivity index (χ3n) is 3.55. The van der Waals surface area contributed by atoms with E-state index >= 15 is 0 Å². The first-order chi connectivity index (χ1) is 10.2. The van der Waals surface area contributed by atoms with Crippen molar-refractivity contribution in [1.29, 1.82) is 0 Å². The predicted octanol–water partition coefficient (Wildman–Crippen LogP) is 2.15. The number of anilines is 1. The van der Waals surface area contributed by atoms with Crippen LogP contribution in [0.15, 0.2) is 24.3 Å². The zero-order valence-corrected chi connectivity index (χ0v) is 11.9. The SMILES string of the molecule is CCC(CCO)CNc1c(C(=O)O)nnc2ccccc12. The molecule has 3 N–H and O–H groups in total. The lowest BCUT2D eigenvalue weighted by atomic mass is 10.0. The van der Waals surface area contributed by atoms with Gasteiger partial charge >= 0.3 is 5.97 Å². The van der Waals surface area contributed by atoms with Crippen LogP contribution in [0.1, 0.15) is 30.3 Å². The van der Waals surface area contributed by atoms with E-state index in [9.17, 15) is 9.90 Å². The van der Waals surface area contributed by atoms with E-state index in [1.807, 2.05) is 25.1 Å². The molecule has 0 aliphatic heterocycles. The van der Waals surface area contributed by atoms with E-state index in [2.05, 4.69) is 15.5 Å². The second-order valence-corrected chi connectivity index (χ2v) is 4.91. The Labute approximate surface area is 122 Å². The molecule has 0 bridgehead atoms. The molecular formula is C15H19N3O3. The average molecular weight is 289 g/mol. The van der Waals surface area contributed by atoms with Crippen LogP contribution in [0, 0.1) is 5.92 Å². The van der Waals surface area contributed by atoms with Gasteiger partial charge < -0.3 is 15.5 Å². The quantitative estimate of drug-likeness (QED) is 0.723. The first-order valence-corrected chi connectivity index (χ1v) is 7.00. The van der Waals surface area contributed by atoms with Crippen LogP contribution in [-0.4, -0.2) is 39.5 Å². The Morgan fingerprint density at radius 1 is 1.33 bits per heavy atom. The summed E-state index contributed by atoms with van der Waals surface area (Å²) >= 11 is 0. The van der Waals surface area contributed by atoms with Crippen molar-refractivity contribution < 1.29 is 15.0 Å². The van der Waals surface area contributed by atoms with Crippen molar-refractivity contribution in [3.05, 3.63) is 30.0 Å². The molecule has 0 aliphatic rings. The Hall–Kier alpha value is -2.21. The lowest BCUT2D eigenvalue weighted by Crippen LogP contribution is -2.18. The number of hydrogen-bond acceptors (Lipinski definition) is 5. The molecular weight excluding hydrogens is 270 g/mol. The smallest absolute Gasteiger partial charge is 0.358 e. The van der Waals surface area contributed by atoms with Gasteiger partial charge in [-0.2, -0.15) is 0 Å². The van der Waals surface area contributed by atoms with Gasteiger partial charge in [-0.05, 0) is 18.4 Å². The molecule has 0 spiro atoms. The number of nitrogens with one attached hydrogen (secondary N) is 1. The van der Waals surface area contributed by atoms with Crippen LogP contribution in [0.3, 0.4) is 0 Å². The van der Waals surface area contributed by atoms with E-state index in [0.29, 0.717) is 24.2 Å². The second kappa shape index (κ2) is 6.99. The summed E-state index contributed by atoms with van der Waals surface area (Å²) in [4.78, 5) is 11.3. The van der Waals surface area contributed by atoms with Gasteiger partial charge in [-0.25, -0.2) is 4.79 Å². The number of aromatic carboxylic acids is 1. The van der Waals surface area contributed by atoms with Crippen LogP contribution < -0.4 is 5.32 Å². The minimum absolute atomic E-state index is 0.0763. The first-order valence-electron chi connectivity index (χ1n) is 7.00. The maximum absolute atomic E-state index is 11.3. The van der Waals surface area contributed by atoms with E-state index in [-0.39, 0.29) is 18.2 Å². The van der Waals surface area contributed by atoms with Crippen molar-refractivity contribution in [3.8, 4) is 0 Å². The predicted molar refractivity (Wildman–Crippen MR) is 80.5 cm³/mol. The summed E-state index contributed by atoms with van der Waals surface area (Å²) < 4.78 is 0. The number of aliphatic hydroxyl groups is 1. The number of aromatic nitrogens is 2. The normalized spacial score (nSPS) is 12.3. The highest BCUT2D eigenvalue weighted by Gasteiger charge is 2.17. The summed E-state index contributed by atoms with van der Waals surface area (Å²) in [6.07, 6.45) is 1.59. The van der Waals surface area contributed by atoms with Crippen LogP contribution in [0.2, 0.25) is 0 Å². The van der Waals surface area contributed by atoms with Gasteiger partial charge in [0, 0.05) is 18.5 Å². The van der Waals surface area contributed by atoms with Crippen molar-refractivity contribution >= 4 is 22.6 Å². The number of hydrogen-bond donors (Lipinski definition) is 3. The molecule has 1 atom stereocenters. The fourth-order valence-corrected chi connectivity index (χ4v) is 2.26. The standard InChI is InChI=1S/C15H19N3O3/c1-2-10(7-8-19)9-16-13-11-5-3-4-6-12(11)17-18-14(13)15(20)21/h3-6,10,19H,2,7-9H2,1H3,(H,16,17)(H,20,21). The molecule has 2 rings (SSSR count). The first kappa shape index (κ1) is 15.2. The van der Waals surface area contributed by atoms with Crippen LogP contribution in [0.5, 0.6) is 0 Å². The maximum atomic E-state index is 11.3. The van der Waals surface area contributed by atoms with E-state index in [0.717, 1.165) is 11.8 Å². The van der Waals surface area contributed by atoms with Gasteiger partial charge in [-0.3, -0.25) is 0 Å². The Morgan fingerprint density at radius 3 is 2.76 bits per heavy atom. The van der Waals surface area contributed by atoms with Gasteiger partial charge in [0.2, 0.25) is 0 Å². The molecule has 0 amide bonds.